The summed E-state index contributed by atoms with van der Waals surface area (Å²) in [5.41, 5.74) is 0. The maximum atomic E-state index is 12.9. The van der Waals surface area contributed by atoms with E-state index in [4.69, 9.17) is 14.2 Å². The minimum Gasteiger partial charge on any atom is -0.462 e. The molecule has 0 saturated heterocycles. The third-order valence-electron chi connectivity index (χ3n) is 12.6. The SMILES string of the molecule is CC/C=C\C/C=C\C/C=C\C/C=C\C/C=C\C/C=C\CCCCCCCCC(=O)OCC(COC(=O)CCCCCCC/C=C\CCCCCCCC)OC(=O)CCCCCC/C=C\C/C=C\C/C=C\C/C=C\CC. The van der Waals surface area contributed by atoms with Crippen molar-refractivity contribution in [1.82, 2.24) is 0 Å². The van der Waals surface area contributed by atoms with Gasteiger partial charge in [-0.2, -0.15) is 0 Å². The molecule has 0 aliphatic heterocycles. The van der Waals surface area contributed by atoms with Gasteiger partial charge < -0.3 is 14.2 Å². The van der Waals surface area contributed by atoms with Gasteiger partial charge in [-0.05, 0) is 135 Å². The van der Waals surface area contributed by atoms with Crippen molar-refractivity contribution in [3.05, 3.63) is 134 Å². The van der Waals surface area contributed by atoms with Gasteiger partial charge in [0.05, 0.1) is 0 Å². The minimum absolute atomic E-state index is 0.101. The molecule has 0 aromatic heterocycles. The Balaban J connectivity index is 4.45. The summed E-state index contributed by atoms with van der Waals surface area (Å²) in [6.45, 7) is 6.37. The molecule has 6 heteroatoms. The Morgan fingerprint density at radius 3 is 0.827 bits per heavy atom. The van der Waals surface area contributed by atoms with Gasteiger partial charge >= 0.3 is 17.9 Å². The zero-order valence-corrected chi connectivity index (χ0v) is 48.5. The molecule has 0 aliphatic rings. The second kappa shape index (κ2) is 62.1. The number of allylic oxidation sites excluding steroid dienone is 22. The summed E-state index contributed by atoms with van der Waals surface area (Å²) in [5, 5.41) is 0. The van der Waals surface area contributed by atoms with Gasteiger partial charge in [0.25, 0.3) is 0 Å². The molecule has 424 valence electrons. The highest BCUT2D eigenvalue weighted by Gasteiger charge is 2.19. The second-order valence-corrected chi connectivity index (χ2v) is 19.8. The van der Waals surface area contributed by atoms with E-state index in [9.17, 15) is 14.4 Å². The summed E-state index contributed by atoms with van der Waals surface area (Å²) in [7, 11) is 0. The predicted molar refractivity (Wildman–Crippen MR) is 325 cm³/mol. The maximum Gasteiger partial charge on any atom is 0.306 e. The van der Waals surface area contributed by atoms with Crippen LogP contribution in [0.15, 0.2) is 134 Å². The quantitative estimate of drug-likeness (QED) is 0.0261. The molecule has 6 nitrogen and oxygen atoms in total. The van der Waals surface area contributed by atoms with E-state index in [0.717, 1.165) is 161 Å². The van der Waals surface area contributed by atoms with Crippen LogP contribution < -0.4 is 0 Å². The first-order valence-corrected chi connectivity index (χ1v) is 30.7. The number of carbonyl (C=O) groups excluding carboxylic acids is 3. The molecule has 0 N–H and O–H groups in total. The van der Waals surface area contributed by atoms with Crippen LogP contribution in [0.5, 0.6) is 0 Å². The van der Waals surface area contributed by atoms with Crippen LogP contribution in [0.4, 0.5) is 0 Å². The van der Waals surface area contributed by atoms with Crippen molar-refractivity contribution >= 4 is 17.9 Å². The first kappa shape index (κ1) is 70.5. The molecule has 0 bridgehead atoms. The lowest BCUT2D eigenvalue weighted by Crippen LogP contribution is -2.30. The summed E-state index contributed by atoms with van der Waals surface area (Å²) in [6, 6.07) is 0. The lowest BCUT2D eigenvalue weighted by Gasteiger charge is -2.18. The third kappa shape index (κ3) is 60.3. The van der Waals surface area contributed by atoms with E-state index in [0.29, 0.717) is 19.3 Å². The van der Waals surface area contributed by atoms with Gasteiger partial charge in [0.2, 0.25) is 0 Å². The molecule has 0 aliphatic carbocycles. The number of ether oxygens (including phenoxy) is 3. The maximum absolute atomic E-state index is 12.9. The summed E-state index contributed by atoms with van der Waals surface area (Å²) in [6.07, 6.45) is 87.3. The van der Waals surface area contributed by atoms with Crippen molar-refractivity contribution in [1.29, 1.82) is 0 Å². The van der Waals surface area contributed by atoms with Crippen LogP contribution in [-0.2, 0) is 28.6 Å². The van der Waals surface area contributed by atoms with Gasteiger partial charge in [0.1, 0.15) is 13.2 Å². The highest BCUT2D eigenvalue weighted by molar-refractivity contribution is 5.71. The van der Waals surface area contributed by atoms with E-state index in [-0.39, 0.29) is 31.1 Å². The summed E-state index contributed by atoms with van der Waals surface area (Å²) >= 11 is 0. The predicted octanol–water partition coefficient (Wildman–Crippen LogP) is 21.0. The third-order valence-corrected chi connectivity index (χ3v) is 12.6. The Labute approximate surface area is 462 Å². The Bertz CT molecular complexity index is 1620. The molecular weight excluding hydrogens is 925 g/mol. The van der Waals surface area contributed by atoms with Crippen LogP contribution in [-0.4, -0.2) is 37.2 Å². The fourth-order valence-corrected chi connectivity index (χ4v) is 8.08. The second-order valence-electron chi connectivity index (χ2n) is 19.8. The van der Waals surface area contributed by atoms with Gasteiger partial charge in [-0.1, -0.05) is 244 Å². The van der Waals surface area contributed by atoms with E-state index in [1.54, 1.807) is 0 Å². The molecule has 0 heterocycles. The lowest BCUT2D eigenvalue weighted by atomic mass is 10.1. The number of hydrogen-bond acceptors (Lipinski definition) is 6. The topological polar surface area (TPSA) is 78.9 Å². The number of esters is 3. The highest BCUT2D eigenvalue weighted by atomic mass is 16.6. The first-order chi connectivity index (χ1) is 37.0. The molecule has 0 fully saturated rings. The number of rotatable bonds is 54. The largest absolute Gasteiger partial charge is 0.462 e. The Morgan fingerprint density at radius 2 is 0.520 bits per heavy atom. The van der Waals surface area contributed by atoms with Crippen LogP contribution in [0.3, 0.4) is 0 Å². The summed E-state index contributed by atoms with van der Waals surface area (Å²) in [4.78, 5) is 38.3. The molecule has 0 radical (unpaired) electrons. The molecule has 0 saturated carbocycles. The summed E-state index contributed by atoms with van der Waals surface area (Å²) in [5.74, 6) is -0.948. The zero-order chi connectivity index (χ0) is 54.3. The van der Waals surface area contributed by atoms with Crippen molar-refractivity contribution in [2.24, 2.45) is 0 Å². The molecule has 75 heavy (non-hydrogen) atoms. The number of hydrogen-bond donors (Lipinski definition) is 0. The van der Waals surface area contributed by atoms with Crippen molar-refractivity contribution < 1.29 is 28.6 Å². The van der Waals surface area contributed by atoms with Crippen LogP contribution in [0.1, 0.15) is 265 Å². The zero-order valence-electron chi connectivity index (χ0n) is 48.5. The van der Waals surface area contributed by atoms with Gasteiger partial charge in [-0.25, -0.2) is 0 Å². The minimum atomic E-state index is -0.807. The van der Waals surface area contributed by atoms with Crippen molar-refractivity contribution in [3.63, 3.8) is 0 Å². The normalized spacial score (nSPS) is 13.1. The summed E-state index contributed by atoms with van der Waals surface area (Å²) < 4.78 is 16.9. The Morgan fingerprint density at radius 1 is 0.280 bits per heavy atom. The lowest BCUT2D eigenvalue weighted by molar-refractivity contribution is -0.167. The van der Waals surface area contributed by atoms with E-state index >= 15 is 0 Å². The molecular formula is C69H112O6. The van der Waals surface area contributed by atoms with E-state index in [1.165, 1.54) is 64.2 Å². The van der Waals surface area contributed by atoms with Crippen molar-refractivity contribution in [3.8, 4) is 0 Å². The van der Waals surface area contributed by atoms with Gasteiger partial charge in [0.15, 0.2) is 6.10 Å². The van der Waals surface area contributed by atoms with E-state index in [1.807, 2.05) is 0 Å². The van der Waals surface area contributed by atoms with Crippen LogP contribution in [0, 0.1) is 0 Å². The molecule has 1 atom stereocenters. The molecule has 0 aromatic rings. The van der Waals surface area contributed by atoms with Crippen LogP contribution in [0.25, 0.3) is 0 Å². The van der Waals surface area contributed by atoms with E-state index in [2.05, 4.69) is 154 Å². The first-order valence-electron chi connectivity index (χ1n) is 30.7. The molecule has 0 aromatic carbocycles. The van der Waals surface area contributed by atoms with Crippen molar-refractivity contribution in [2.45, 2.75) is 271 Å². The smallest absolute Gasteiger partial charge is 0.306 e. The van der Waals surface area contributed by atoms with Gasteiger partial charge in [-0.3, -0.25) is 14.4 Å². The molecule has 0 rings (SSSR count). The average Bonchev–Trinajstić information content (AvgIpc) is 3.41. The van der Waals surface area contributed by atoms with E-state index < -0.39 is 6.10 Å². The number of unbranched alkanes of at least 4 members (excludes halogenated alkanes) is 21. The van der Waals surface area contributed by atoms with Gasteiger partial charge in [0, 0.05) is 19.3 Å². The standard InChI is InChI=1S/C69H112O6/c1-4-7-10-13-16-19-22-25-28-30-31-32-33-34-35-36-37-39-41-44-47-50-53-56-59-62-68(71)74-65-66(64-73-67(70)61-58-55-52-49-46-43-40-27-24-21-18-15-12-9-6-3)75-69(72)63-60-57-54-51-48-45-42-38-29-26-23-20-17-14-11-8-5-2/h7-8,10-11,16-17,19-20,25-29,31-32,34-35,37,39-40,42,45,66H,4-6,9,12-15,18,21-24,30,33,36,38,41,43-44,46-65H2,1-3H3/b10-7-,11-8-,19-16-,20-17-,28-25-,29-26-,32-31-,35-34-,39-37-,40-27-,45-42-. The van der Waals surface area contributed by atoms with Gasteiger partial charge in [-0.15, -0.1) is 0 Å². The molecule has 0 spiro atoms. The molecule has 1 unspecified atom stereocenters. The highest BCUT2D eigenvalue weighted by Crippen LogP contribution is 2.14. The van der Waals surface area contributed by atoms with Crippen LogP contribution >= 0.6 is 0 Å². The van der Waals surface area contributed by atoms with Crippen molar-refractivity contribution in [2.75, 3.05) is 13.2 Å². The fraction of sp³-hybridized carbons (Fsp3) is 0.638. The monoisotopic (exact) mass is 1040 g/mol. The fourth-order valence-electron chi connectivity index (χ4n) is 8.08. The molecule has 0 amide bonds. The Hall–Kier alpha value is -4.45. The number of carbonyl (C=O) groups is 3. The Kier molecular flexibility index (Phi) is 58.4. The van der Waals surface area contributed by atoms with Crippen LogP contribution in [0.2, 0.25) is 0 Å². The average molecular weight is 1040 g/mol.